The zero-order valence-corrected chi connectivity index (χ0v) is 9.28. The van der Waals surface area contributed by atoms with Gasteiger partial charge in [-0.3, -0.25) is 4.90 Å². The molecule has 3 N–H and O–H groups in total. The van der Waals surface area contributed by atoms with Gasteiger partial charge >= 0.3 is 0 Å². The minimum Gasteiger partial charge on any atom is -0.379 e. The highest BCUT2D eigenvalue weighted by molar-refractivity contribution is 4.70. The summed E-state index contributed by atoms with van der Waals surface area (Å²) in [6, 6.07) is 0.722. The third kappa shape index (κ3) is 3.92. The summed E-state index contributed by atoms with van der Waals surface area (Å²) in [5.41, 5.74) is 0. The topological polar surface area (TPSA) is 49.3 Å². The van der Waals surface area contributed by atoms with Crippen molar-refractivity contribution < 1.29 is 15.2 Å². The van der Waals surface area contributed by atoms with E-state index < -0.39 is 0 Å². The van der Waals surface area contributed by atoms with E-state index in [1.165, 1.54) is 12.8 Å². The minimum absolute atomic E-state index is 0.282. The van der Waals surface area contributed by atoms with E-state index in [-0.39, 0.29) is 6.23 Å². The van der Waals surface area contributed by atoms with Crippen LogP contribution in [0.15, 0.2) is 0 Å². The van der Waals surface area contributed by atoms with Crippen molar-refractivity contribution in [3.63, 3.8) is 0 Å². The maximum absolute atomic E-state index is 9.37. The number of likely N-dealkylation sites (tertiary alicyclic amines) is 1. The van der Waals surface area contributed by atoms with E-state index in [1.54, 1.807) is 7.11 Å². The van der Waals surface area contributed by atoms with Gasteiger partial charge in [0.25, 0.3) is 0 Å². The number of rotatable bonds is 5. The normalized spacial score (nSPS) is 22.5. The molecule has 4 heteroatoms. The number of nitrogens with zero attached hydrogens (tertiary/aromatic N) is 1. The molecule has 1 rings (SSSR count). The molecule has 4 nitrogen and oxygen atoms in total. The van der Waals surface area contributed by atoms with Crippen LogP contribution in [0.25, 0.3) is 0 Å². The molecule has 0 aromatic carbocycles. The molecule has 1 aliphatic heterocycles. The number of ether oxygens (including phenoxy) is 1. The SMILES string of the molecule is COCC[NH2+]C1CCN(C(C)O)CC1. The lowest BCUT2D eigenvalue weighted by Gasteiger charge is -2.32. The maximum atomic E-state index is 9.37. The summed E-state index contributed by atoms with van der Waals surface area (Å²) < 4.78 is 5.01. The molecule has 0 aliphatic carbocycles. The highest BCUT2D eigenvalue weighted by Gasteiger charge is 2.22. The van der Waals surface area contributed by atoms with E-state index in [4.69, 9.17) is 4.74 Å². The minimum atomic E-state index is -0.282. The zero-order valence-electron chi connectivity index (χ0n) is 9.28. The van der Waals surface area contributed by atoms with Gasteiger partial charge in [-0.2, -0.15) is 0 Å². The average Bonchev–Trinajstić information content (AvgIpc) is 2.19. The van der Waals surface area contributed by atoms with Gasteiger partial charge in [0.05, 0.1) is 19.2 Å². The van der Waals surface area contributed by atoms with E-state index in [9.17, 15) is 5.11 Å². The Morgan fingerprint density at radius 3 is 2.64 bits per heavy atom. The highest BCUT2D eigenvalue weighted by Crippen LogP contribution is 2.09. The van der Waals surface area contributed by atoms with Crippen molar-refractivity contribution in [2.45, 2.75) is 32.0 Å². The Bertz CT molecular complexity index is 145. The maximum Gasteiger partial charge on any atom is 0.104 e. The number of nitrogens with two attached hydrogens (primary N) is 1. The molecular formula is C10H23N2O2+. The van der Waals surface area contributed by atoms with Gasteiger partial charge in [-0.25, -0.2) is 0 Å². The largest absolute Gasteiger partial charge is 0.379 e. The molecule has 0 amide bonds. The van der Waals surface area contributed by atoms with Crippen molar-refractivity contribution in [2.24, 2.45) is 0 Å². The van der Waals surface area contributed by atoms with E-state index in [1.807, 2.05) is 6.92 Å². The van der Waals surface area contributed by atoms with Crippen LogP contribution in [0.3, 0.4) is 0 Å². The molecule has 14 heavy (non-hydrogen) atoms. The van der Waals surface area contributed by atoms with Crippen molar-refractivity contribution >= 4 is 0 Å². The van der Waals surface area contributed by atoms with E-state index in [0.29, 0.717) is 0 Å². The van der Waals surface area contributed by atoms with Gasteiger partial charge in [0.2, 0.25) is 0 Å². The number of hydrogen-bond acceptors (Lipinski definition) is 3. The van der Waals surface area contributed by atoms with Crippen LogP contribution in [0.2, 0.25) is 0 Å². The number of quaternary nitrogens is 1. The first-order valence-corrected chi connectivity index (χ1v) is 5.48. The van der Waals surface area contributed by atoms with Gasteiger partial charge < -0.3 is 15.2 Å². The lowest BCUT2D eigenvalue weighted by molar-refractivity contribution is -0.693. The Hall–Kier alpha value is -0.160. The zero-order chi connectivity index (χ0) is 10.4. The van der Waals surface area contributed by atoms with Crippen molar-refractivity contribution in [1.82, 2.24) is 4.90 Å². The third-order valence-electron chi connectivity index (χ3n) is 2.92. The number of hydrogen-bond donors (Lipinski definition) is 2. The third-order valence-corrected chi connectivity index (χ3v) is 2.92. The van der Waals surface area contributed by atoms with E-state index in [2.05, 4.69) is 10.2 Å². The molecule has 0 saturated carbocycles. The van der Waals surface area contributed by atoms with Crippen LogP contribution in [0.1, 0.15) is 19.8 Å². The van der Waals surface area contributed by atoms with Crippen molar-refractivity contribution in [3.8, 4) is 0 Å². The summed E-state index contributed by atoms with van der Waals surface area (Å²) in [6.07, 6.45) is 2.07. The predicted octanol–water partition coefficient (Wildman–Crippen LogP) is -1.00. The van der Waals surface area contributed by atoms with Gasteiger partial charge in [-0.15, -0.1) is 0 Å². The molecule has 0 aromatic heterocycles. The Balaban J connectivity index is 2.09. The number of methoxy groups -OCH3 is 1. The second-order valence-corrected chi connectivity index (χ2v) is 4.02. The molecule has 1 unspecified atom stereocenters. The Morgan fingerprint density at radius 1 is 1.50 bits per heavy atom. The molecule has 0 radical (unpaired) electrons. The van der Waals surface area contributed by atoms with Crippen molar-refractivity contribution in [3.05, 3.63) is 0 Å². The summed E-state index contributed by atoms with van der Waals surface area (Å²) in [5.74, 6) is 0. The van der Waals surface area contributed by atoms with Crippen LogP contribution < -0.4 is 5.32 Å². The highest BCUT2D eigenvalue weighted by atomic mass is 16.5. The van der Waals surface area contributed by atoms with E-state index >= 15 is 0 Å². The Morgan fingerprint density at radius 2 is 2.14 bits per heavy atom. The van der Waals surface area contributed by atoms with Gasteiger partial charge in [-0.05, 0) is 6.92 Å². The van der Waals surface area contributed by atoms with Crippen LogP contribution in [0, 0.1) is 0 Å². The fourth-order valence-corrected chi connectivity index (χ4v) is 1.95. The first-order valence-electron chi connectivity index (χ1n) is 5.48. The molecule has 1 saturated heterocycles. The molecule has 1 aliphatic rings. The lowest BCUT2D eigenvalue weighted by Crippen LogP contribution is -2.91. The second kappa shape index (κ2) is 6.35. The van der Waals surface area contributed by atoms with Crippen molar-refractivity contribution in [1.29, 1.82) is 0 Å². The first kappa shape index (κ1) is 11.9. The summed E-state index contributed by atoms with van der Waals surface area (Å²) in [5, 5.41) is 11.7. The van der Waals surface area contributed by atoms with Crippen LogP contribution in [-0.2, 0) is 4.74 Å². The van der Waals surface area contributed by atoms with Crippen LogP contribution in [0.5, 0.6) is 0 Å². The van der Waals surface area contributed by atoms with Gasteiger partial charge in [-0.1, -0.05) is 0 Å². The second-order valence-electron chi connectivity index (χ2n) is 4.02. The molecule has 84 valence electrons. The van der Waals surface area contributed by atoms with Crippen LogP contribution >= 0.6 is 0 Å². The summed E-state index contributed by atoms with van der Waals surface area (Å²) >= 11 is 0. The van der Waals surface area contributed by atoms with Gasteiger partial charge in [0.15, 0.2) is 0 Å². The van der Waals surface area contributed by atoms with Gasteiger partial charge in [0, 0.05) is 33.0 Å². The summed E-state index contributed by atoms with van der Waals surface area (Å²) in [7, 11) is 1.74. The summed E-state index contributed by atoms with van der Waals surface area (Å²) in [4.78, 5) is 2.13. The Kier molecular flexibility index (Phi) is 5.40. The summed E-state index contributed by atoms with van der Waals surface area (Å²) in [6.45, 7) is 5.76. The fourth-order valence-electron chi connectivity index (χ4n) is 1.95. The number of aliphatic hydroxyl groups is 1. The van der Waals surface area contributed by atoms with Crippen LogP contribution in [-0.4, -0.2) is 55.6 Å². The molecule has 0 aromatic rings. The average molecular weight is 203 g/mol. The predicted molar refractivity (Wildman–Crippen MR) is 54.9 cm³/mol. The smallest absolute Gasteiger partial charge is 0.104 e. The molecule has 1 heterocycles. The first-order chi connectivity index (χ1) is 6.74. The van der Waals surface area contributed by atoms with Gasteiger partial charge in [0.1, 0.15) is 6.23 Å². The van der Waals surface area contributed by atoms with E-state index in [0.717, 1.165) is 32.3 Å². The molecule has 1 fully saturated rings. The Labute approximate surface area is 86.2 Å². The molecule has 0 spiro atoms. The number of piperidine rings is 1. The standard InChI is InChI=1S/C10H22N2O2/c1-9(13)12-6-3-10(4-7-12)11-5-8-14-2/h9-11,13H,3-8H2,1-2H3/p+1. The number of aliphatic hydroxyl groups excluding tert-OH is 1. The van der Waals surface area contributed by atoms with Crippen molar-refractivity contribution in [2.75, 3.05) is 33.4 Å². The lowest BCUT2D eigenvalue weighted by atomic mass is 10.1. The quantitative estimate of drug-likeness (QED) is 0.563. The molecular weight excluding hydrogens is 180 g/mol. The monoisotopic (exact) mass is 203 g/mol. The fraction of sp³-hybridized carbons (Fsp3) is 1.00. The van der Waals surface area contributed by atoms with Crippen LogP contribution in [0.4, 0.5) is 0 Å². The molecule has 0 bridgehead atoms. The molecule has 1 atom stereocenters.